The predicted octanol–water partition coefficient (Wildman–Crippen LogP) is 4.90. The van der Waals surface area contributed by atoms with E-state index in [1.165, 1.54) is 0 Å². The van der Waals surface area contributed by atoms with Crippen molar-refractivity contribution in [3.63, 3.8) is 0 Å². The van der Waals surface area contributed by atoms with Gasteiger partial charge in [0.05, 0.1) is 0 Å². The molecule has 6 nitrogen and oxygen atoms in total. The van der Waals surface area contributed by atoms with Crippen LogP contribution in [0.2, 0.25) is 0 Å². The number of amides is 2. The molecule has 3 aromatic rings. The van der Waals surface area contributed by atoms with Crippen LogP contribution in [0, 0.1) is 6.92 Å². The van der Waals surface area contributed by atoms with Gasteiger partial charge in [0.1, 0.15) is 5.70 Å². The van der Waals surface area contributed by atoms with E-state index >= 15 is 0 Å². The average Bonchev–Trinajstić information content (AvgIpc) is 3.23. The quantitative estimate of drug-likeness (QED) is 0.511. The standard InChI is InChI=1S/C24H19BrN2O4/c1-15-2-9-19(10-3-15)26-24(29)20(27-23(28)17-5-7-18(25)8-6-17)12-16-4-11-21-22(13-16)31-14-30-21/h2-13H,14H2,1H3,(H,26,29)(H,27,28)/b20-12+. The number of aryl methyl sites for hydroxylation is 1. The molecule has 7 heteroatoms. The van der Waals surface area contributed by atoms with Gasteiger partial charge in [0.25, 0.3) is 11.8 Å². The van der Waals surface area contributed by atoms with Crippen LogP contribution in [0.25, 0.3) is 6.08 Å². The Balaban J connectivity index is 1.62. The molecule has 0 radical (unpaired) electrons. The number of anilines is 1. The summed E-state index contributed by atoms with van der Waals surface area (Å²) in [4.78, 5) is 25.8. The van der Waals surface area contributed by atoms with Gasteiger partial charge in [-0.2, -0.15) is 0 Å². The summed E-state index contributed by atoms with van der Waals surface area (Å²) in [5.41, 5.74) is 2.94. The van der Waals surface area contributed by atoms with Gasteiger partial charge in [-0.1, -0.05) is 39.7 Å². The summed E-state index contributed by atoms with van der Waals surface area (Å²) in [6.07, 6.45) is 1.60. The molecule has 3 aromatic carbocycles. The van der Waals surface area contributed by atoms with Crippen molar-refractivity contribution in [1.29, 1.82) is 0 Å². The number of hydrogen-bond donors (Lipinski definition) is 2. The van der Waals surface area contributed by atoms with Crippen molar-refractivity contribution in [3.8, 4) is 11.5 Å². The van der Waals surface area contributed by atoms with Crippen LogP contribution in [0.4, 0.5) is 5.69 Å². The Hall–Kier alpha value is -3.58. The van der Waals surface area contributed by atoms with Gasteiger partial charge in [-0.3, -0.25) is 9.59 Å². The van der Waals surface area contributed by atoms with Crippen LogP contribution in [-0.4, -0.2) is 18.6 Å². The summed E-state index contributed by atoms with van der Waals surface area (Å²) < 4.78 is 11.6. The molecular formula is C24H19BrN2O4. The Morgan fingerprint density at radius 2 is 1.65 bits per heavy atom. The molecule has 0 aromatic heterocycles. The van der Waals surface area contributed by atoms with E-state index in [9.17, 15) is 9.59 Å². The first kappa shape index (κ1) is 20.7. The Kier molecular flexibility index (Phi) is 6.04. The minimum absolute atomic E-state index is 0.104. The van der Waals surface area contributed by atoms with Crippen molar-refractivity contribution < 1.29 is 19.1 Å². The fourth-order valence-corrected chi connectivity index (χ4v) is 3.22. The molecule has 0 aliphatic carbocycles. The monoisotopic (exact) mass is 478 g/mol. The van der Waals surface area contributed by atoms with E-state index in [-0.39, 0.29) is 12.5 Å². The molecule has 0 bridgehead atoms. The molecule has 2 N–H and O–H groups in total. The molecule has 0 fully saturated rings. The minimum Gasteiger partial charge on any atom is -0.454 e. The van der Waals surface area contributed by atoms with Gasteiger partial charge in [-0.25, -0.2) is 0 Å². The number of rotatable bonds is 5. The van der Waals surface area contributed by atoms with E-state index in [1.807, 2.05) is 31.2 Å². The Bertz CT molecular complexity index is 1160. The van der Waals surface area contributed by atoms with Gasteiger partial charge in [0.2, 0.25) is 6.79 Å². The summed E-state index contributed by atoms with van der Waals surface area (Å²) in [6.45, 7) is 2.12. The Morgan fingerprint density at radius 3 is 2.39 bits per heavy atom. The van der Waals surface area contributed by atoms with Gasteiger partial charge in [-0.15, -0.1) is 0 Å². The van der Waals surface area contributed by atoms with Gasteiger partial charge < -0.3 is 20.1 Å². The van der Waals surface area contributed by atoms with E-state index in [0.717, 1.165) is 10.0 Å². The number of fused-ring (bicyclic) bond motifs is 1. The van der Waals surface area contributed by atoms with Crippen LogP contribution >= 0.6 is 15.9 Å². The zero-order chi connectivity index (χ0) is 21.8. The molecule has 31 heavy (non-hydrogen) atoms. The molecular weight excluding hydrogens is 460 g/mol. The molecule has 2 amide bonds. The van der Waals surface area contributed by atoms with E-state index < -0.39 is 11.8 Å². The van der Waals surface area contributed by atoms with Crippen LogP contribution in [0.1, 0.15) is 21.5 Å². The molecule has 0 saturated carbocycles. The predicted molar refractivity (Wildman–Crippen MR) is 122 cm³/mol. The first-order chi connectivity index (χ1) is 15.0. The van der Waals surface area contributed by atoms with Crippen molar-refractivity contribution in [3.05, 3.63) is 93.6 Å². The van der Waals surface area contributed by atoms with E-state index in [2.05, 4.69) is 26.6 Å². The van der Waals surface area contributed by atoms with Crippen molar-refractivity contribution in [2.24, 2.45) is 0 Å². The van der Waals surface area contributed by atoms with Gasteiger partial charge in [0, 0.05) is 15.7 Å². The van der Waals surface area contributed by atoms with Crippen LogP contribution in [-0.2, 0) is 4.79 Å². The zero-order valence-electron chi connectivity index (χ0n) is 16.6. The van der Waals surface area contributed by atoms with Crippen LogP contribution in [0.3, 0.4) is 0 Å². The number of ether oxygens (including phenoxy) is 2. The second-order valence-corrected chi connectivity index (χ2v) is 7.87. The second kappa shape index (κ2) is 9.06. The van der Waals surface area contributed by atoms with Crippen molar-refractivity contribution in [2.75, 3.05) is 12.1 Å². The fraction of sp³-hybridized carbons (Fsp3) is 0.0833. The average molecular weight is 479 g/mol. The highest BCUT2D eigenvalue weighted by Crippen LogP contribution is 2.33. The van der Waals surface area contributed by atoms with E-state index in [4.69, 9.17) is 9.47 Å². The topological polar surface area (TPSA) is 76.7 Å². The van der Waals surface area contributed by atoms with Crippen LogP contribution in [0.15, 0.2) is 76.9 Å². The van der Waals surface area contributed by atoms with Crippen molar-refractivity contribution in [1.82, 2.24) is 5.32 Å². The normalized spacial score (nSPS) is 12.4. The first-order valence-corrected chi connectivity index (χ1v) is 10.3. The molecule has 0 spiro atoms. The molecule has 1 aliphatic rings. The van der Waals surface area contributed by atoms with Gasteiger partial charge in [-0.05, 0) is 67.1 Å². The maximum atomic E-state index is 13.0. The second-order valence-electron chi connectivity index (χ2n) is 6.95. The van der Waals surface area contributed by atoms with Crippen molar-refractivity contribution >= 4 is 39.5 Å². The zero-order valence-corrected chi connectivity index (χ0v) is 18.2. The lowest BCUT2D eigenvalue weighted by Crippen LogP contribution is -2.30. The highest BCUT2D eigenvalue weighted by molar-refractivity contribution is 9.10. The van der Waals surface area contributed by atoms with Crippen LogP contribution < -0.4 is 20.1 Å². The number of hydrogen-bond acceptors (Lipinski definition) is 4. The molecule has 0 atom stereocenters. The highest BCUT2D eigenvalue weighted by Gasteiger charge is 2.17. The molecule has 4 rings (SSSR count). The third kappa shape index (κ3) is 5.13. The van der Waals surface area contributed by atoms with Gasteiger partial charge >= 0.3 is 0 Å². The summed E-state index contributed by atoms with van der Waals surface area (Å²) in [5, 5.41) is 5.55. The lowest BCUT2D eigenvalue weighted by Gasteiger charge is -2.12. The fourth-order valence-electron chi connectivity index (χ4n) is 2.96. The number of benzene rings is 3. The van der Waals surface area contributed by atoms with E-state index in [1.54, 1.807) is 48.5 Å². The molecule has 0 saturated heterocycles. The Labute approximate surface area is 188 Å². The lowest BCUT2D eigenvalue weighted by molar-refractivity contribution is -0.113. The summed E-state index contributed by atoms with van der Waals surface area (Å²) >= 11 is 3.35. The number of carbonyl (C=O) groups excluding carboxylic acids is 2. The smallest absolute Gasteiger partial charge is 0.272 e. The maximum Gasteiger partial charge on any atom is 0.272 e. The summed E-state index contributed by atoms with van der Waals surface area (Å²) in [5.74, 6) is 0.401. The summed E-state index contributed by atoms with van der Waals surface area (Å²) in [7, 11) is 0. The number of halogens is 1. The first-order valence-electron chi connectivity index (χ1n) is 9.54. The lowest BCUT2D eigenvalue weighted by atomic mass is 10.1. The number of nitrogens with one attached hydrogen (secondary N) is 2. The van der Waals surface area contributed by atoms with Gasteiger partial charge in [0.15, 0.2) is 11.5 Å². The third-order valence-corrected chi connectivity index (χ3v) is 5.14. The maximum absolute atomic E-state index is 13.0. The molecule has 0 unspecified atom stereocenters. The van der Waals surface area contributed by atoms with E-state index in [0.29, 0.717) is 28.3 Å². The highest BCUT2D eigenvalue weighted by atomic mass is 79.9. The minimum atomic E-state index is -0.438. The Morgan fingerprint density at radius 1 is 0.935 bits per heavy atom. The largest absolute Gasteiger partial charge is 0.454 e. The van der Waals surface area contributed by atoms with Crippen molar-refractivity contribution in [2.45, 2.75) is 6.92 Å². The van der Waals surface area contributed by atoms with Crippen LogP contribution in [0.5, 0.6) is 11.5 Å². The third-order valence-electron chi connectivity index (χ3n) is 4.62. The summed E-state index contributed by atoms with van der Waals surface area (Å²) in [6, 6.07) is 19.6. The molecule has 1 aliphatic heterocycles. The molecule has 156 valence electrons. The number of carbonyl (C=O) groups is 2. The SMILES string of the molecule is Cc1ccc(NC(=O)/C(=C\c2ccc3c(c2)OCO3)NC(=O)c2ccc(Br)cc2)cc1. The molecule has 1 heterocycles.